The molecule has 2 aliphatic rings. The monoisotopic (exact) mass is 288 g/mol. The number of carbonyl (C=O) groups is 1. The molecule has 21 heavy (non-hydrogen) atoms. The molecule has 1 N–H and O–H groups in total. The largest absolute Gasteiger partial charge is 0.274 e. The van der Waals surface area contributed by atoms with Gasteiger partial charge in [-0.2, -0.15) is 5.10 Å². The van der Waals surface area contributed by atoms with E-state index in [2.05, 4.69) is 31.3 Å². The second kappa shape index (κ2) is 4.65. The van der Waals surface area contributed by atoms with Gasteiger partial charge in [0.1, 0.15) is 5.82 Å². The van der Waals surface area contributed by atoms with E-state index >= 15 is 0 Å². The smallest absolute Gasteiger partial charge is 0.267 e. The molecule has 2 saturated carbocycles. The predicted octanol–water partition coefficient (Wildman–Crippen LogP) is 3.76. The number of carbonyl (C=O) groups excluding carboxylic acids is 1. The normalized spacial score (nSPS) is 31.6. The van der Waals surface area contributed by atoms with Crippen LogP contribution in [-0.4, -0.2) is 11.6 Å². The Bertz CT molecular complexity index is 623. The Labute approximate surface area is 124 Å². The molecule has 4 heteroatoms. The number of nitrogens with one attached hydrogen (secondary N) is 1. The molecule has 0 unspecified atom stereocenters. The van der Waals surface area contributed by atoms with Crippen LogP contribution in [-0.2, 0) is 0 Å². The maximum atomic E-state index is 13.6. The van der Waals surface area contributed by atoms with Crippen LogP contribution in [0, 0.1) is 22.6 Å². The minimum absolute atomic E-state index is 0.0365. The molecule has 0 saturated heterocycles. The topological polar surface area (TPSA) is 41.5 Å². The Morgan fingerprint density at radius 3 is 2.62 bits per heavy atom. The molecular formula is C17H21FN2O. The van der Waals surface area contributed by atoms with Crippen molar-refractivity contribution in [3.8, 4) is 0 Å². The molecule has 0 heterocycles. The molecule has 2 fully saturated rings. The number of halogens is 1. The van der Waals surface area contributed by atoms with Crippen molar-refractivity contribution in [2.45, 2.75) is 40.0 Å². The van der Waals surface area contributed by atoms with Gasteiger partial charge in [-0.3, -0.25) is 4.79 Å². The summed E-state index contributed by atoms with van der Waals surface area (Å²) in [7, 11) is 0. The zero-order chi connectivity index (χ0) is 15.3. The van der Waals surface area contributed by atoms with E-state index in [4.69, 9.17) is 0 Å². The van der Waals surface area contributed by atoms with Gasteiger partial charge in [0.2, 0.25) is 0 Å². The summed E-state index contributed by atoms with van der Waals surface area (Å²) in [6.07, 6.45) is 3.27. The third kappa shape index (κ3) is 2.00. The Morgan fingerprint density at radius 2 is 2.05 bits per heavy atom. The minimum atomic E-state index is -0.519. The van der Waals surface area contributed by atoms with E-state index in [1.165, 1.54) is 18.6 Å². The lowest BCUT2D eigenvalue weighted by Crippen LogP contribution is -2.34. The predicted molar refractivity (Wildman–Crippen MR) is 80.5 cm³/mol. The van der Waals surface area contributed by atoms with Gasteiger partial charge >= 0.3 is 0 Å². The van der Waals surface area contributed by atoms with E-state index in [0.29, 0.717) is 5.92 Å². The van der Waals surface area contributed by atoms with Gasteiger partial charge in [-0.1, -0.05) is 32.9 Å². The maximum absolute atomic E-state index is 13.6. The Kier molecular flexibility index (Phi) is 3.15. The van der Waals surface area contributed by atoms with E-state index in [0.717, 1.165) is 18.6 Å². The first kappa shape index (κ1) is 14.2. The van der Waals surface area contributed by atoms with Crippen molar-refractivity contribution in [2.75, 3.05) is 0 Å². The summed E-state index contributed by atoms with van der Waals surface area (Å²) in [6.45, 7) is 6.80. The van der Waals surface area contributed by atoms with Gasteiger partial charge in [0.05, 0.1) is 5.56 Å². The summed E-state index contributed by atoms with van der Waals surface area (Å²) in [5, 5.41) is 4.34. The lowest BCUT2D eigenvalue weighted by atomic mass is 9.70. The van der Waals surface area contributed by atoms with Crippen LogP contribution >= 0.6 is 0 Å². The third-order valence-corrected chi connectivity index (χ3v) is 5.92. The van der Waals surface area contributed by atoms with Crippen molar-refractivity contribution in [3.05, 3.63) is 35.6 Å². The second-order valence-corrected chi connectivity index (χ2v) is 6.97. The van der Waals surface area contributed by atoms with E-state index in [9.17, 15) is 9.18 Å². The van der Waals surface area contributed by atoms with E-state index < -0.39 is 11.7 Å². The van der Waals surface area contributed by atoms with Crippen molar-refractivity contribution in [1.29, 1.82) is 0 Å². The highest BCUT2D eigenvalue weighted by molar-refractivity contribution is 5.98. The molecule has 1 amide bonds. The highest BCUT2D eigenvalue weighted by Gasteiger charge is 2.60. The van der Waals surface area contributed by atoms with Gasteiger partial charge in [-0.05, 0) is 42.7 Å². The Hall–Kier alpha value is -1.71. The molecule has 112 valence electrons. The van der Waals surface area contributed by atoms with Crippen molar-refractivity contribution in [2.24, 2.45) is 21.8 Å². The SMILES string of the molecule is CC1(C)[C@@H]2CC[C@@]1(C)/C(=N/NC(=O)c1ccccc1F)C2. The molecule has 1 aromatic carbocycles. The van der Waals surface area contributed by atoms with Crippen LogP contribution in [0.15, 0.2) is 29.4 Å². The molecule has 2 bridgehead atoms. The van der Waals surface area contributed by atoms with Crippen LogP contribution in [0.2, 0.25) is 0 Å². The number of fused-ring (bicyclic) bond motifs is 2. The van der Waals surface area contributed by atoms with E-state index in [-0.39, 0.29) is 16.4 Å². The lowest BCUT2D eigenvalue weighted by Gasteiger charge is -2.34. The fourth-order valence-electron chi connectivity index (χ4n) is 3.92. The maximum Gasteiger partial charge on any atom is 0.274 e. The molecule has 0 spiro atoms. The Morgan fingerprint density at radius 1 is 1.33 bits per heavy atom. The lowest BCUT2D eigenvalue weighted by molar-refractivity contribution is 0.0950. The fourth-order valence-corrected chi connectivity index (χ4v) is 3.92. The summed E-state index contributed by atoms with van der Waals surface area (Å²) in [5.41, 5.74) is 3.88. The van der Waals surface area contributed by atoms with Crippen molar-refractivity contribution in [3.63, 3.8) is 0 Å². The summed E-state index contributed by atoms with van der Waals surface area (Å²) < 4.78 is 13.6. The van der Waals surface area contributed by atoms with Crippen LogP contribution in [0.4, 0.5) is 4.39 Å². The van der Waals surface area contributed by atoms with Gasteiger partial charge in [-0.25, -0.2) is 9.82 Å². The number of hydrogen-bond acceptors (Lipinski definition) is 2. The molecule has 0 radical (unpaired) electrons. The molecule has 3 nitrogen and oxygen atoms in total. The number of hydrazone groups is 1. The quantitative estimate of drug-likeness (QED) is 0.827. The van der Waals surface area contributed by atoms with E-state index in [1.807, 2.05) is 0 Å². The first-order chi connectivity index (χ1) is 9.86. The number of nitrogens with zero attached hydrogens (tertiary/aromatic N) is 1. The van der Waals surface area contributed by atoms with Gasteiger partial charge in [0, 0.05) is 11.1 Å². The van der Waals surface area contributed by atoms with Gasteiger partial charge < -0.3 is 0 Å². The molecule has 0 aliphatic heterocycles. The van der Waals surface area contributed by atoms with Crippen molar-refractivity contribution in [1.82, 2.24) is 5.43 Å². The number of hydrogen-bond donors (Lipinski definition) is 1. The number of benzene rings is 1. The average Bonchev–Trinajstić information content (AvgIpc) is 2.78. The van der Waals surface area contributed by atoms with Crippen LogP contribution < -0.4 is 5.43 Å². The van der Waals surface area contributed by atoms with Crippen molar-refractivity contribution >= 4 is 11.6 Å². The molecule has 3 rings (SSSR count). The summed E-state index contributed by atoms with van der Waals surface area (Å²) in [4.78, 5) is 12.0. The molecular weight excluding hydrogens is 267 g/mol. The van der Waals surface area contributed by atoms with Crippen LogP contribution in [0.3, 0.4) is 0 Å². The molecule has 2 aliphatic carbocycles. The van der Waals surface area contributed by atoms with Gasteiger partial charge in [0.25, 0.3) is 5.91 Å². The van der Waals surface area contributed by atoms with E-state index in [1.54, 1.807) is 12.1 Å². The highest BCUT2D eigenvalue weighted by Crippen LogP contribution is 2.63. The summed E-state index contributed by atoms with van der Waals surface area (Å²) in [6, 6.07) is 5.96. The van der Waals surface area contributed by atoms with Gasteiger partial charge in [0.15, 0.2) is 0 Å². The zero-order valence-electron chi connectivity index (χ0n) is 12.7. The van der Waals surface area contributed by atoms with Crippen LogP contribution in [0.1, 0.15) is 50.4 Å². The highest BCUT2D eigenvalue weighted by atomic mass is 19.1. The van der Waals surface area contributed by atoms with Crippen LogP contribution in [0.5, 0.6) is 0 Å². The molecule has 2 atom stereocenters. The molecule has 1 aromatic rings. The standard InChI is InChI=1S/C17H21FN2O/c1-16(2)11-8-9-17(16,3)14(10-11)19-20-15(21)12-6-4-5-7-13(12)18/h4-7,11H,8-10H2,1-3H3,(H,20,21)/b19-14+/t11-,17+/m1/s1. The molecule has 0 aromatic heterocycles. The first-order valence-corrected chi connectivity index (χ1v) is 7.48. The number of rotatable bonds is 2. The zero-order valence-corrected chi connectivity index (χ0v) is 12.7. The second-order valence-electron chi connectivity index (χ2n) is 6.97. The average molecular weight is 288 g/mol. The summed E-state index contributed by atoms with van der Waals surface area (Å²) >= 11 is 0. The number of amides is 1. The summed E-state index contributed by atoms with van der Waals surface area (Å²) in [5.74, 6) is -0.369. The minimum Gasteiger partial charge on any atom is -0.267 e. The van der Waals surface area contributed by atoms with Gasteiger partial charge in [-0.15, -0.1) is 0 Å². The fraction of sp³-hybridized carbons (Fsp3) is 0.529. The van der Waals surface area contributed by atoms with Crippen molar-refractivity contribution < 1.29 is 9.18 Å². The first-order valence-electron chi connectivity index (χ1n) is 7.48. The third-order valence-electron chi connectivity index (χ3n) is 5.92. The Balaban J connectivity index is 1.79. The van der Waals surface area contributed by atoms with Crippen LogP contribution in [0.25, 0.3) is 0 Å².